The number of nitrogens with zero attached hydrogens (tertiary/aromatic N) is 2. The standard InChI is InChI=1S/C8H13N3O2/c9-5-7-10-8(13-11-7)6-3-1-2-4-12-6/h6H,1-5,9H2. The number of hydrogen-bond donors (Lipinski definition) is 1. The molecule has 1 aromatic heterocycles. The van der Waals surface area contributed by atoms with Crippen LogP contribution in [0.2, 0.25) is 0 Å². The van der Waals surface area contributed by atoms with Crippen LogP contribution in [0.4, 0.5) is 0 Å². The molecule has 1 aliphatic rings. The van der Waals surface area contributed by atoms with Gasteiger partial charge in [0, 0.05) is 6.61 Å². The summed E-state index contributed by atoms with van der Waals surface area (Å²) in [6.45, 7) is 1.10. The Kier molecular flexibility index (Phi) is 2.56. The Balaban J connectivity index is 2.05. The zero-order valence-electron chi connectivity index (χ0n) is 7.40. The van der Waals surface area contributed by atoms with Crippen LogP contribution < -0.4 is 5.73 Å². The number of ether oxygens (including phenoxy) is 1. The van der Waals surface area contributed by atoms with E-state index in [2.05, 4.69) is 10.1 Å². The quantitative estimate of drug-likeness (QED) is 0.733. The molecule has 2 N–H and O–H groups in total. The summed E-state index contributed by atoms with van der Waals surface area (Å²) < 4.78 is 10.5. The van der Waals surface area contributed by atoms with Gasteiger partial charge in [-0.2, -0.15) is 4.98 Å². The third-order valence-electron chi connectivity index (χ3n) is 2.12. The lowest BCUT2D eigenvalue weighted by Crippen LogP contribution is -2.12. The van der Waals surface area contributed by atoms with E-state index in [1.54, 1.807) is 0 Å². The molecule has 0 bridgehead atoms. The van der Waals surface area contributed by atoms with E-state index in [1.807, 2.05) is 0 Å². The molecule has 2 rings (SSSR count). The van der Waals surface area contributed by atoms with Crippen molar-refractivity contribution in [1.82, 2.24) is 10.1 Å². The zero-order chi connectivity index (χ0) is 9.10. The Morgan fingerprint density at radius 3 is 3.00 bits per heavy atom. The van der Waals surface area contributed by atoms with Crippen molar-refractivity contribution in [3.8, 4) is 0 Å². The third kappa shape index (κ3) is 1.87. The fourth-order valence-electron chi connectivity index (χ4n) is 1.42. The Morgan fingerprint density at radius 2 is 2.38 bits per heavy atom. The maximum Gasteiger partial charge on any atom is 0.255 e. The summed E-state index contributed by atoms with van der Waals surface area (Å²) >= 11 is 0. The van der Waals surface area contributed by atoms with Gasteiger partial charge in [0.05, 0.1) is 6.54 Å². The minimum absolute atomic E-state index is 0.0125. The van der Waals surface area contributed by atoms with Gasteiger partial charge in [0.25, 0.3) is 5.89 Å². The van der Waals surface area contributed by atoms with Crippen LogP contribution in [-0.2, 0) is 11.3 Å². The van der Waals surface area contributed by atoms with E-state index in [0.29, 0.717) is 18.3 Å². The molecule has 1 atom stereocenters. The van der Waals surface area contributed by atoms with Gasteiger partial charge in [-0.05, 0) is 19.3 Å². The fourth-order valence-corrected chi connectivity index (χ4v) is 1.42. The predicted octanol–water partition coefficient (Wildman–Crippen LogP) is 0.770. The van der Waals surface area contributed by atoms with E-state index in [-0.39, 0.29) is 6.10 Å². The van der Waals surface area contributed by atoms with Crippen LogP contribution in [0.15, 0.2) is 4.52 Å². The van der Waals surface area contributed by atoms with E-state index in [0.717, 1.165) is 25.9 Å². The maximum absolute atomic E-state index is 5.48. The molecule has 0 spiro atoms. The normalized spacial score (nSPS) is 23.3. The Bertz CT molecular complexity index is 268. The molecule has 2 heterocycles. The van der Waals surface area contributed by atoms with Crippen LogP contribution in [0, 0.1) is 0 Å². The summed E-state index contributed by atoms with van der Waals surface area (Å²) in [5.74, 6) is 1.12. The molecule has 0 radical (unpaired) electrons. The monoisotopic (exact) mass is 183 g/mol. The smallest absolute Gasteiger partial charge is 0.255 e. The molecule has 1 saturated heterocycles. The zero-order valence-corrected chi connectivity index (χ0v) is 7.40. The lowest BCUT2D eigenvalue weighted by molar-refractivity contribution is -0.00459. The van der Waals surface area contributed by atoms with Crippen molar-refractivity contribution < 1.29 is 9.26 Å². The molecule has 1 fully saturated rings. The largest absolute Gasteiger partial charge is 0.368 e. The number of aromatic nitrogens is 2. The van der Waals surface area contributed by atoms with Gasteiger partial charge in [-0.15, -0.1) is 0 Å². The summed E-state index contributed by atoms with van der Waals surface area (Å²) in [5, 5.41) is 3.72. The van der Waals surface area contributed by atoms with Gasteiger partial charge in [-0.1, -0.05) is 5.16 Å². The Labute approximate surface area is 76.3 Å². The van der Waals surface area contributed by atoms with Crippen molar-refractivity contribution >= 4 is 0 Å². The van der Waals surface area contributed by atoms with Gasteiger partial charge in [-0.3, -0.25) is 0 Å². The summed E-state index contributed by atoms with van der Waals surface area (Å²) in [6, 6.07) is 0. The summed E-state index contributed by atoms with van der Waals surface area (Å²) in [5.41, 5.74) is 5.37. The fraction of sp³-hybridized carbons (Fsp3) is 0.750. The first kappa shape index (κ1) is 8.65. The predicted molar refractivity (Wildman–Crippen MR) is 44.7 cm³/mol. The Hall–Kier alpha value is -0.940. The highest BCUT2D eigenvalue weighted by atomic mass is 16.5. The number of rotatable bonds is 2. The molecular formula is C8H13N3O2. The van der Waals surface area contributed by atoms with Crippen molar-refractivity contribution in [1.29, 1.82) is 0 Å². The molecule has 0 aromatic carbocycles. The van der Waals surface area contributed by atoms with Crippen molar-refractivity contribution in [2.75, 3.05) is 6.61 Å². The minimum Gasteiger partial charge on any atom is -0.368 e. The average Bonchev–Trinajstić information content (AvgIpc) is 2.67. The van der Waals surface area contributed by atoms with Crippen LogP contribution in [-0.4, -0.2) is 16.7 Å². The molecule has 1 aliphatic heterocycles. The summed E-state index contributed by atoms with van der Waals surface area (Å²) in [6.07, 6.45) is 3.23. The van der Waals surface area contributed by atoms with Gasteiger partial charge in [-0.25, -0.2) is 0 Å². The third-order valence-corrected chi connectivity index (χ3v) is 2.12. The van der Waals surface area contributed by atoms with Crippen LogP contribution in [0.3, 0.4) is 0 Å². The van der Waals surface area contributed by atoms with Gasteiger partial charge in [0.2, 0.25) is 0 Å². The van der Waals surface area contributed by atoms with E-state index in [1.165, 1.54) is 0 Å². The van der Waals surface area contributed by atoms with Crippen LogP contribution >= 0.6 is 0 Å². The molecular weight excluding hydrogens is 170 g/mol. The number of nitrogens with two attached hydrogens (primary N) is 1. The lowest BCUT2D eigenvalue weighted by atomic mass is 10.1. The van der Waals surface area contributed by atoms with Crippen molar-refractivity contribution in [3.63, 3.8) is 0 Å². The second-order valence-electron chi connectivity index (χ2n) is 3.11. The second kappa shape index (κ2) is 3.85. The first-order valence-electron chi connectivity index (χ1n) is 4.54. The van der Waals surface area contributed by atoms with Crippen molar-refractivity contribution in [3.05, 3.63) is 11.7 Å². The van der Waals surface area contributed by atoms with Crippen LogP contribution in [0.1, 0.15) is 37.1 Å². The summed E-state index contributed by atoms with van der Waals surface area (Å²) in [7, 11) is 0. The summed E-state index contributed by atoms with van der Waals surface area (Å²) in [4.78, 5) is 4.12. The van der Waals surface area contributed by atoms with Gasteiger partial charge < -0.3 is 15.0 Å². The molecule has 5 heteroatoms. The van der Waals surface area contributed by atoms with E-state index < -0.39 is 0 Å². The highest BCUT2D eigenvalue weighted by Gasteiger charge is 2.21. The van der Waals surface area contributed by atoms with Crippen LogP contribution in [0.5, 0.6) is 0 Å². The van der Waals surface area contributed by atoms with Crippen LogP contribution in [0.25, 0.3) is 0 Å². The highest BCUT2D eigenvalue weighted by Crippen LogP contribution is 2.26. The highest BCUT2D eigenvalue weighted by molar-refractivity contribution is 4.90. The molecule has 0 saturated carbocycles. The van der Waals surface area contributed by atoms with E-state index in [9.17, 15) is 0 Å². The van der Waals surface area contributed by atoms with E-state index in [4.69, 9.17) is 15.0 Å². The van der Waals surface area contributed by atoms with Gasteiger partial charge in [0.15, 0.2) is 5.82 Å². The molecule has 13 heavy (non-hydrogen) atoms. The van der Waals surface area contributed by atoms with Crippen molar-refractivity contribution in [2.45, 2.75) is 31.9 Å². The topological polar surface area (TPSA) is 74.2 Å². The number of hydrogen-bond acceptors (Lipinski definition) is 5. The minimum atomic E-state index is -0.0125. The maximum atomic E-state index is 5.48. The molecule has 0 aliphatic carbocycles. The molecule has 5 nitrogen and oxygen atoms in total. The molecule has 72 valence electrons. The first-order valence-corrected chi connectivity index (χ1v) is 4.54. The molecule has 0 amide bonds. The van der Waals surface area contributed by atoms with Crippen molar-refractivity contribution in [2.24, 2.45) is 5.73 Å². The lowest BCUT2D eigenvalue weighted by Gasteiger charge is -2.18. The van der Waals surface area contributed by atoms with E-state index >= 15 is 0 Å². The van der Waals surface area contributed by atoms with Gasteiger partial charge in [0.1, 0.15) is 6.10 Å². The second-order valence-corrected chi connectivity index (χ2v) is 3.11. The Morgan fingerprint density at radius 1 is 1.46 bits per heavy atom. The molecule has 1 unspecified atom stereocenters. The average molecular weight is 183 g/mol. The first-order chi connectivity index (χ1) is 6.40. The molecule has 1 aromatic rings. The SMILES string of the molecule is NCc1noc(C2CCCCO2)n1. The van der Waals surface area contributed by atoms with Gasteiger partial charge >= 0.3 is 0 Å².